The van der Waals surface area contributed by atoms with Crippen LogP contribution in [0.2, 0.25) is 0 Å². The van der Waals surface area contributed by atoms with E-state index < -0.39 is 0 Å². The number of aromatic nitrogens is 1. The molecule has 0 saturated carbocycles. The summed E-state index contributed by atoms with van der Waals surface area (Å²) in [6.07, 6.45) is 10.5. The Balaban J connectivity index is 1.41. The van der Waals surface area contributed by atoms with Crippen LogP contribution in [-0.4, -0.2) is 42.6 Å². The van der Waals surface area contributed by atoms with Gasteiger partial charge in [-0.1, -0.05) is 33.3 Å². The topological polar surface area (TPSA) is 19.4 Å². The summed E-state index contributed by atoms with van der Waals surface area (Å²) in [5.41, 5.74) is 1.34. The first-order valence-corrected chi connectivity index (χ1v) is 10.6. The molecular weight excluding hydrogens is 306 g/mol. The lowest BCUT2D eigenvalue weighted by Gasteiger charge is -2.35. The first kappa shape index (κ1) is 18.7. The Morgan fingerprint density at radius 1 is 1.04 bits per heavy atom. The van der Waals surface area contributed by atoms with E-state index in [-0.39, 0.29) is 0 Å². The maximum Gasteiger partial charge on any atom is 0.128 e. The molecule has 25 heavy (non-hydrogen) atoms. The molecule has 2 aliphatic heterocycles. The zero-order chi connectivity index (χ0) is 17.6. The molecule has 3 nitrogen and oxygen atoms in total. The van der Waals surface area contributed by atoms with Crippen LogP contribution in [0.5, 0.6) is 0 Å². The summed E-state index contributed by atoms with van der Waals surface area (Å²) in [5.74, 6) is 3.63. The summed E-state index contributed by atoms with van der Waals surface area (Å²) in [4.78, 5) is 9.83. The summed E-state index contributed by atoms with van der Waals surface area (Å²) in [6.45, 7) is 13.0. The Morgan fingerprint density at radius 2 is 1.80 bits per heavy atom. The van der Waals surface area contributed by atoms with Gasteiger partial charge in [-0.15, -0.1) is 0 Å². The van der Waals surface area contributed by atoms with E-state index in [0.717, 1.165) is 11.8 Å². The monoisotopic (exact) mass is 343 g/mol. The van der Waals surface area contributed by atoms with Crippen LogP contribution in [0.1, 0.15) is 70.8 Å². The predicted octanol–water partition coefficient (Wildman–Crippen LogP) is 4.93. The van der Waals surface area contributed by atoms with Crippen molar-refractivity contribution in [1.29, 1.82) is 0 Å². The quantitative estimate of drug-likeness (QED) is 0.730. The highest BCUT2D eigenvalue weighted by Crippen LogP contribution is 2.29. The molecule has 3 rings (SSSR count). The molecule has 2 saturated heterocycles. The van der Waals surface area contributed by atoms with Gasteiger partial charge in [-0.25, -0.2) is 4.98 Å². The van der Waals surface area contributed by atoms with Gasteiger partial charge in [-0.05, 0) is 74.6 Å². The number of hydrogen-bond acceptors (Lipinski definition) is 3. The SMILES string of the molecule is CCN1CCC[C@H](CCC2CCN(c3ccc(C(C)C)cn3)CC2)C1. The van der Waals surface area contributed by atoms with Crippen LogP contribution in [0, 0.1) is 11.8 Å². The highest BCUT2D eigenvalue weighted by molar-refractivity contribution is 5.40. The van der Waals surface area contributed by atoms with E-state index in [1.165, 1.54) is 82.6 Å². The summed E-state index contributed by atoms with van der Waals surface area (Å²) in [7, 11) is 0. The first-order chi connectivity index (χ1) is 12.2. The van der Waals surface area contributed by atoms with Crippen LogP contribution < -0.4 is 4.90 Å². The second kappa shape index (κ2) is 9.02. The van der Waals surface area contributed by atoms with Crippen LogP contribution in [0.4, 0.5) is 5.82 Å². The second-order valence-electron chi connectivity index (χ2n) is 8.51. The summed E-state index contributed by atoms with van der Waals surface area (Å²) >= 11 is 0. The molecule has 3 heteroatoms. The van der Waals surface area contributed by atoms with E-state index in [9.17, 15) is 0 Å². The van der Waals surface area contributed by atoms with E-state index in [1.807, 2.05) is 0 Å². The van der Waals surface area contributed by atoms with Gasteiger partial charge >= 0.3 is 0 Å². The lowest BCUT2D eigenvalue weighted by molar-refractivity contribution is 0.167. The van der Waals surface area contributed by atoms with Crippen LogP contribution in [0.3, 0.4) is 0 Å². The standard InChI is InChI=1S/C22H37N3/c1-4-24-13-5-6-20(17-24)8-7-19-11-14-25(15-12-19)22-10-9-21(16-23-22)18(2)3/h9-10,16,18-20H,4-8,11-15,17H2,1-3H3/t20-/m1/s1. The molecule has 0 aliphatic carbocycles. The van der Waals surface area contributed by atoms with Crippen LogP contribution in [0.25, 0.3) is 0 Å². The smallest absolute Gasteiger partial charge is 0.128 e. The number of piperidine rings is 2. The molecule has 0 bridgehead atoms. The van der Waals surface area contributed by atoms with Crippen molar-refractivity contribution in [2.24, 2.45) is 11.8 Å². The number of nitrogens with zero attached hydrogens (tertiary/aromatic N) is 3. The molecule has 0 spiro atoms. The third kappa shape index (κ3) is 5.20. The Bertz CT molecular complexity index is 503. The fraction of sp³-hybridized carbons (Fsp3) is 0.773. The number of hydrogen-bond donors (Lipinski definition) is 0. The lowest BCUT2D eigenvalue weighted by Crippen LogP contribution is -2.36. The maximum absolute atomic E-state index is 4.71. The molecule has 3 heterocycles. The van der Waals surface area contributed by atoms with E-state index >= 15 is 0 Å². The molecule has 2 fully saturated rings. The minimum Gasteiger partial charge on any atom is -0.357 e. The molecule has 2 aliphatic rings. The van der Waals surface area contributed by atoms with Crippen molar-refractivity contribution in [3.63, 3.8) is 0 Å². The van der Waals surface area contributed by atoms with Gasteiger partial charge in [0.2, 0.25) is 0 Å². The van der Waals surface area contributed by atoms with Gasteiger partial charge in [-0.3, -0.25) is 0 Å². The largest absolute Gasteiger partial charge is 0.357 e. The van der Waals surface area contributed by atoms with Crippen molar-refractivity contribution >= 4 is 5.82 Å². The Morgan fingerprint density at radius 3 is 2.44 bits per heavy atom. The third-order valence-corrected chi connectivity index (χ3v) is 6.41. The van der Waals surface area contributed by atoms with Crippen molar-refractivity contribution < 1.29 is 0 Å². The third-order valence-electron chi connectivity index (χ3n) is 6.41. The molecular formula is C22H37N3. The molecule has 0 N–H and O–H groups in total. The highest BCUT2D eigenvalue weighted by atomic mass is 15.2. The summed E-state index contributed by atoms with van der Waals surface area (Å²) in [6, 6.07) is 4.47. The van der Waals surface area contributed by atoms with Crippen molar-refractivity contribution in [2.75, 3.05) is 37.6 Å². The zero-order valence-electron chi connectivity index (χ0n) is 16.6. The van der Waals surface area contributed by atoms with Crippen LogP contribution in [-0.2, 0) is 0 Å². The summed E-state index contributed by atoms with van der Waals surface area (Å²) in [5, 5.41) is 0. The van der Waals surface area contributed by atoms with Crippen molar-refractivity contribution in [1.82, 2.24) is 9.88 Å². The van der Waals surface area contributed by atoms with Gasteiger partial charge in [0.05, 0.1) is 0 Å². The maximum atomic E-state index is 4.71. The van der Waals surface area contributed by atoms with E-state index in [2.05, 4.69) is 48.9 Å². The molecule has 1 aromatic rings. The number of anilines is 1. The lowest BCUT2D eigenvalue weighted by atomic mass is 9.86. The van der Waals surface area contributed by atoms with Gasteiger partial charge in [0.25, 0.3) is 0 Å². The van der Waals surface area contributed by atoms with Crippen molar-refractivity contribution in [3.05, 3.63) is 23.9 Å². The molecule has 0 radical (unpaired) electrons. The van der Waals surface area contributed by atoms with Gasteiger partial charge in [0.1, 0.15) is 5.82 Å². The second-order valence-corrected chi connectivity index (χ2v) is 8.51. The Labute approximate surface area is 154 Å². The van der Waals surface area contributed by atoms with Crippen LogP contribution in [0.15, 0.2) is 18.3 Å². The molecule has 140 valence electrons. The molecule has 1 atom stereocenters. The van der Waals surface area contributed by atoms with Gasteiger partial charge in [-0.2, -0.15) is 0 Å². The Kier molecular flexibility index (Phi) is 6.75. The van der Waals surface area contributed by atoms with Crippen molar-refractivity contribution in [3.8, 4) is 0 Å². The molecule has 0 aromatic carbocycles. The average molecular weight is 344 g/mol. The fourth-order valence-electron chi connectivity index (χ4n) is 4.52. The van der Waals surface area contributed by atoms with E-state index in [4.69, 9.17) is 4.98 Å². The summed E-state index contributed by atoms with van der Waals surface area (Å²) < 4.78 is 0. The number of likely N-dealkylation sites (tertiary alicyclic amines) is 1. The minimum absolute atomic E-state index is 0.565. The first-order valence-electron chi connectivity index (χ1n) is 10.6. The highest BCUT2D eigenvalue weighted by Gasteiger charge is 2.23. The van der Waals surface area contributed by atoms with E-state index in [0.29, 0.717) is 5.92 Å². The van der Waals surface area contributed by atoms with E-state index in [1.54, 1.807) is 0 Å². The predicted molar refractivity (Wildman–Crippen MR) is 107 cm³/mol. The number of rotatable bonds is 6. The van der Waals surface area contributed by atoms with Gasteiger partial charge in [0, 0.05) is 25.8 Å². The van der Waals surface area contributed by atoms with Gasteiger partial charge in [0.15, 0.2) is 0 Å². The zero-order valence-corrected chi connectivity index (χ0v) is 16.6. The molecule has 0 unspecified atom stereocenters. The Hall–Kier alpha value is -1.09. The molecule has 1 aromatic heterocycles. The van der Waals surface area contributed by atoms with Crippen LogP contribution >= 0.6 is 0 Å². The molecule has 0 amide bonds. The van der Waals surface area contributed by atoms with Gasteiger partial charge < -0.3 is 9.80 Å². The number of pyridine rings is 1. The minimum atomic E-state index is 0.565. The average Bonchev–Trinajstić information content (AvgIpc) is 2.67. The van der Waals surface area contributed by atoms with Crippen molar-refractivity contribution in [2.45, 2.75) is 65.2 Å². The normalized spacial score (nSPS) is 23.4. The fourth-order valence-corrected chi connectivity index (χ4v) is 4.52.